The van der Waals surface area contributed by atoms with Gasteiger partial charge in [0.2, 0.25) is 0 Å². The molecule has 1 aliphatic carbocycles. The first kappa shape index (κ1) is 13.2. The molecule has 90 valence electrons. The topological polar surface area (TPSA) is 40.6 Å². The molecule has 4 nitrogen and oxygen atoms in total. The van der Waals surface area contributed by atoms with E-state index < -0.39 is 10.2 Å². The van der Waals surface area contributed by atoms with Crippen molar-refractivity contribution in [3.8, 4) is 0 Å². The Labute approximate surface area is 97.4 Å². The van der Waals surface area contributed by atoms with Crippen LogP contribution in [0.2, 0.25) is 0 Å². The Balaban J connectivity index is 2.46. The van der Waals surface area contributed by atoms with Gasteiger partial charge in [-0.3, -0.25) is 0 Å². The Kier molecular flexibility index (Phi) is 4.83. The van der Waals surface area contributed by atoms with E-state index in [0.717, 1.165) is 12.8 Å². The van der Waals surface area contributed by atoms with Crippen molar-refractivity contribution in [2.75, 3.05) is 33.1 Å². The Hall–Kier alpha value is 0.160. The van der Waals surface area contributed by atoms with Crippen LogP contribution in [0, 0.1) is 5.92 Å². The predicted molar refractivity (Wildman–Crippen MR) is 62.2 cm³/mol. The Bertz CT molecular complexity index is 290. The molecule has 0 spiro atoms. The summed E-state index contributed by atoms with van der Waals surface area (Å²) in [6, 6.07) is 0. The third kappa shape index (κ3) is 3.90. The first-order chi connectivity index (χ1) is 6.98. The summed E-state index contributed by atoms with van der Waals surface area (Å²) in [5, 5.41) is 0. The highest BCUT2D eigenvalue weighted by Crippen LogP contribution is 2.30. The Morgan fingerprint density at radius 3 is 2.33 bits per heavy atom. The summed E-state index contributed by atoms with van der Waals surface area (Å²) in [4.78, 5) is 0. The summed E-state index contributed by atoms with van der Waals surface area (Å²) < 4.78 is 26.6. The number of halogens is 1. The molecule has 0 aromatic carbocycles. The smallest absolute Gasteiger partial charge is 0.195 e. The molecule has 0 bridgehead atoms. The molecule has 0 aromatic rings. The number of hydrogen-bond donors (Lipinski definition) is 0. The van der Waals surface area contributed by atoms with Crippen molar-refractivity contribution in [1.82, 2.24) is 8.61 Å². The third-order valence-electron chi connectivity index (χ3n) is 2.61. The minimum Gasteiger partial charge on any atom is -0.195 e. The van der Waals surface area contributed by atoms with Gasteiger partial charge in [-0.15, -0.1) is 11.6 Å². The number of hydrogen-bond acceptors (Lipinski definition) is 2. The maximum atomic E-state index is 11.9. The van der Waals surface area contributed by atoms with Gasteiger partial charge in [-0.1, -0.05) is 0 Å². The summed E-state index contributed by atoms with van der Waals surface area (Å²) in [5.74, 6) is 1.07. The molecule has 0 heterocycles. The van der Waals surface area contributed by atoms with E-state index >= 15 is 0 Å². The normalized spacial score (nSPS) is 17.7. The standard InChI is InChI=1S/C9H19ClN2O2S/c1-11(7-3-6-10)15(13,14)12(2)8-9-4-5-9/h9H,3-8H2,1-2H3. The van der Waals surface area contributed by atoms with Crippen molar-refractivity contribution in [1.29, 1.82) is 0 Å². The molecule has 0 aromatic heterocycles. The maximum Gasteiger partial charge on any atom is 0.281 e. The number of rotatable bonds is 7. The van der Waals surface area contributed by atoms with Crippen molar-refractivity contribution >= 4 is 21.8 Å². The van der Waals surface area contributed by atoms with Crippen LogP contribution in [0.5, 0.6) is 0 Å². The third-order valence-corrected chi connectivity index (χ3v) is 4.78. The lowest BCUT2D eigenvalue weighted by atomic mass is 10.4. The average Bonchev–Trinajstić information content (AvgIpc) is 2.97. The van der Waals surface area contributed by atoms with E-state index in [2.05, 4.69) is 0 Å². The van der Waals surface area contributed by atoms with Gasteiger partial charge in [0.05, 0.1) is 0 Å². The van der Waals surface area contributed by atoms with Crippen molar-refractivity contribution in [3.05, 3.63) is 0 Å². The lowest BCUT2D eigenvalue weighted by molar-refractivity contribution is 0.384. The fourth-order valence-corrected chi connectivity index (χ4v) is 2.75. The quantitative estimate of drug-likeness (QED) is 0.639. The molecule has 0 atom stereocenters. The van der Waals surface area contributed by atoms with E-state index in [4.69, 9.17) is 11.6 Å². The molecule has 0 amide bonds. The molecule has 6 heteroatoms. The van der Waals surface area contributed by atoms with E-state index in [1.54, 1.807) is 14.1 Å². The van der Waals surface area contributed by atoms with Gasteiger partial charge in [-0.05, 0) is 25.2 Å². The lowest BCUT2D eigenvalue weighted by Crippen LogP contribution is -2.41. The van der Waals surface area contributed by atoms with Gasteiger partial charge in [-0.2, -0.15) is 17.0 Å². The van der Waals surface area contributed by atoms with E-state index in [-0.39, 0.29) is 0 Å². The van der Waals surface area contributed by atoms with Crippen molar-refractivity contribution in [3.63, 3.8) is 0 Å². The second-order valence-corrected chi connectivity index (χ2v) is 6.62. The molecule has 0 aliphatic heterocycles. The van der Waals surface area contributed by atoms with Crippen LogP contribution < -0.4 is 0 Å². The Morgan fingerprint density at radius 1 is 1.27 bits per heavy atom. The molecule has 0 N–H and O–H groups in total. The van der Waals surface area contributed by atoms with E-state index in [1.165, 1.54) is 8.61 Å². The highest BCUT2D eigenvalue weighted by Gasteiger charge is 2.30. The zero-order valence-electron chi connectivity index (χ0n) is 9.32. The van der Waals surface area contributed by atoms with E-state index in [9.17, 15) is 8.42 Å². The van der Waals surface area contributed by atoms with Crippen LogP contribution in [0.25, 0.3) is 0 Å². The summed E-state index contributed by atoms with van der Waals surface area (Å²) in [5.41, 5.74) is 0. The van der Waals surface area contributed by atoms with Gasteiger partial charge in [0.25, 0.3) is 10.2 Å². The summed E-state index contributed by atoms with van der Waals surface area (Å²) in [7, 11) is -0.0121. The zero-order valence-corrected chi connectivity index (χ0v) is 10.9. The van der Waals surface area contributed by atoms with Gasteiger partial charge >= 0.3 is 0 Å². The first-order valence-corrected chi connectivity index (χ1v) is 7.15. The molecule has 0 unspecified atom stereocenters. The van der Waals surface area contributed by atoms with Gasteiger partial charge < -0.3 is 0 Å². The van der Waals surface area contributed by atoms with Gasteiger partial charge in [0.1, 0.15) is 0 Å². The van der Waals surface area contributed by atoms with Crippen LogP contribution in [0.1, 0.15) is 19.3 Å². The van der Waals surface area contributed by atoms with Crippen LogP contribution in [0.15, 0.2) is 0 Å². The minimum atomic E-state index is -3.26. The largest absolute Gasteiger partial charge is 0.281 e. The van der Waals surface area contributed by atoms with Crippen LogP contribution in [0.3, 0.4) is 0 Å². The second-order valence-electron chi connectivity index (χ2n) is 4.10. The average molecular weight is 255 g/mol. The minimum absolute atomic E-state index is 0.487. The molecular formula is C9H19ClN2O2S. The van der Waals surface area contributed by atoms with Gasteiger partial charge in [0.15, 0.2) is 0 Å². The molecule has 1 fully saturated rings. The Morgan fingerprint density at radius 2 is 1.87 bits per heavy atom. The van der Waals surface area contributed by atoms with Gasteiger partial charge in [-0.25, -0.2) is 0 Å². The highest BCUT2D eigenvalue weighted by atomic mass is 35.5. The van der Waals surface area contributed by atoms with Crippen molar-refractivity contribution in [2.24, 2.45) is 5.92 Å². The van der Waals surface area contributed by atoms with Crippen LogP contribution in [-0.2, 0) is 10.2 Å². The zero-order chi connectivity index (χ0) is 11.5. The molecule has 0 radical (unpaired) electrons. The lowest BCUT2D eigenvalue weighted by Gasteiger charge is -2.24. The van der Waals surface area contributed by atoms with Crippen LogP contribution >= 0.6 is 11.6 Å². The van der Waals surface area contributed by atoms with E-state index in [0.29, 0.717) is 31.3 Å². The van der Waals surface area contributed by atoms with Crippen molar-refractivity contribution < 1.29 is 8.42 Å². The molecule has 1 aliphatic rings. The summed E-state index contributed by atoms with van der Waals surface area (Å²) >= 11 is 5.53. The van der Waals surface area contributed by atoms with Crippen LogP contribution in [0.4, 0.5) is 0 Å². The van der Waals surface area contributed by atoms with Crippen molar-refractivity contribution in [2.45, 2.75) is 19.3 Å². The fourth-order valence-electron chi connectivity index (χ4n) is 1.39. The summed E-state index contributed by atoms with van der Waals surface area (Å²) in [6.07, 6.45) is 3.01. The molecule has 15 heavy (non-hydrogen) atoms. The number of nitrogens with zero attached hydrogens (tertiary/aromatic N) is 2. The first-order valence-electron chi connectivity index (χ1n) is 5.22. The molecule has 1 saturated carbocycles. The predicted octanol–water partition coefficient (Wildman–Crippen LogP) is 1.13. The second kappa shape index (κ2) is 5.48. The molecule has 1 rings (SSSR count). The van der Waals surface area contributed by atoms with Crippen LogP contribution in [-0.4, -0.2) is 50.1 Å². The molecule has 0 saturated heterocycles. The fraction of sp³-hybridized carbons (Fsp3) is 1.00. The summed E-state index contributed by atoms with van der Waals surface area (Å²) in [6.45, 7) is 1.13. The van der Waals surface area contributed by atoms with Gasteiger partial charge in [0, 0.05) is 33.1 Å². The highest BCUT2D eigenvalue weighted by molar-refractivity contribution is 7.86. The van der Waals surface area contributed by atoms with E-state index in [1.807, 2.05) is 0 Å². The maximum absolute atomic E-state index is 11.9. The SMILES string of the molecule is CN(CCCCl)S(=O)(=O)N(C)CC1CC1. The monoisotopic (exact) mass is 254 g/mol. The molecular weight excluding hydrogens is 236 g/mol. The number of alkyl halides is 1.